The van der Waals surface area contributed by atoms with Crippen molar-refractivity contribution in [1.82, 2.24) is 0 Å². The van der Waals surface area contributed by atoms with Crippen molar-refractivity contribution in [2.75, 3.05) is 11.5 Å². The molecule has 88 valence electrons. The summed E-state index contributed by atoms with van der Waals surface area (Å²) in [4.78, 5) is 1.34. The number of nitrogen functional groups attached to an aromatic ring is 1. The van der Waals surface area contributed by atoms with E-state index in [1.54, 1.807) is 0 Å². The fraction of sp³-hybridized carbons (Fsp3) is 0.200. The number of thioether (sulfide) groups is 1. The van der Waals surface area contributed by atoms with Crippen LogP contribution >= 0.6 is 11.8 Å². The Balaban J connectivity index is 2.08. The van der Waals surface area contributed by atoms with Gasteiger partial charge in [0.25, 0.3) is 0 Å². The van der Waals surface area contributed by atoms with Gasteiger partial charge >= 0.3 is 0 Å². The number of benzene rings is 2. The second kappa shape index (κ2) is 5.78. The highest BCUT2D eigenvalue weighted by molar-refractivity contribution is 7.99. The average Bonchev–Trinajstić information content (AvgIpc) is 2.32. The smallest absolute Gasteiger partial charge is 0.0316 e. The van der Waals surface area contributed by atoms with E-state index in [0.29, 0.717) is 0 Å². The van der Waals surface area contributed by atoms with Crippen LogP contribution in [0.2, 0.25) is 0 Å². The molecule has 0 atom stereocenters. The molecule has 0 radical (unpaired) electrons. The van der Waals surface area contributed by atoms with Crippen LogP contribution in [0.1, 0.15) is 18.1 Å². The van der Waals surface area contributed by atoms with Crippen LogP contribution in [0.25, 0.3) is 0 Å². The van der Waals surface area contributed by atoms with Crippen molar-refractivity contribution in [3.63, 3.8) is 0 Å². The normalized spacial score (nSPS) is 10.4. The Morgan fingerprint density at radius 2 is 1.76 bits per heavy atom. The summed E-state index contributed by atoms with van der Waals surface area (Å²) < 4.78 is 0. The Hall–Kier alpha value is -1.41. The molecule has 2 aromatic carbocycles. The number of hydrogen-bond acceptors (Lipinski definition) is 2. The van der Waals surface area contributed by atoms with Gasteiger partial charge in [-0.25, -0.2) is 0 Å². The summed E-state index contributed by atoms with van der Waals surface area (Å²) >= 11 is 1.87. The molecule has 0 aliphatic rings. The van der Waals surface area contributed by atoms with E-state index in [1.165, 1.54) is 16.0 Å². The topological polar surface area (TPSA) is 26.0 Å². The maximum atomic E-state index is 5.77. The van der Waals surface area contributed by atoms with Gasteiger partial charge in [0.1, 0.15) is 0 Å². The zero-order valence-corrected chi connectivity index (χ0v) is 10.8. The molecule has 0 bridgehead atoms. The minimum absolute atomic E-state index is 0.834. The summed E-state index contributed by atoms with van der Waals surface area (Å²) in [6.45, 7) is 2.17. The van der Waals surface area contributed by atoms with Crippen molar-refractivity contribution < 1.29 is 0 Å². The molecule has 0 heterocycles. The van der Waals surface area contributed by atoms with Crippen molar-refractivity contribution in [3.05, 3.63) is 59.7 Å². The molecule has 1 nitrogen and oxygen atoms in total. The van der Waals surface area contributed by atoms with Crippen molar-refractivity contribution in [2.45, 2.75) is 18.2 Å². The highest BCUT2D eigenvalue weighted by Gasteiger charge is 1.98. The van der Waals surface area contributed by atoms with Crippen LogP contribution in [0.15, 0.2) is 53.4 Å². The Morgan fingerprint density at radius 1 is 1.00 bits per heavy atom. The van der Waals surface area contributed by atoms with Crippen LogP contribution in [-0.4, -0.2) is 5.75 Å². The molecule has 0 amide bonds. The molecular formula is C15H17NS. The van der Waals surface area contributed by atoms with Crippen molar-refractivity contribution in [1.29, 1.82) is 0 Å². The molecule has 17 heavy (non-hydrogen) atoms. The van der Waals surface area contributed by atoms with Crippen molar-refractivity contribution in [2.24, 2.45) is 0 Å². The van der Waals surface area contributed by atoms with Gasteiger partial charge in [-0.1, -0.05) is 31.2 Å². The van der Waals surface area contributed by atoms with Gasteiger partial charge in [0.15, 0.2) is 0 Å². The Morgan fingerprint density at radius 3 is 2.41 bits per heavy atom. The zero-order valence-electron chi connectivity index (χ0n) is 10.0. The van der Waals surface area contributed by atoms with E-state index in [2.05, 4.69) is 37.3 Å². The van der Waals surface area contributed by atoms with Crippen molar-refractivity contribution in [3.8, 4) is 0 Å². The lowest BCUT2D eigenvalue weighted by molar-refractivity contribution is 1.18. The Kier molecular flexibility index (Phi) is 4.10. The highest BCUT2D eigenvalue weighted by atomic mass is 32.2. The minimum Gasteiger partial charge on any atom is -0.399 e. The van der Waals surface area contributed by atoms with E-state index in [4.69, 9.17) is 5.73 Å². The van der Waals surface area contributed by atoms with Gasteiger partial charge in [-0.05, 0) is 47.6 Å². The lowest BCUT2D eigenvalue weighted by Crippen LogP contribution is -1.90. The lowest BCUT2D eigenvalue weighted by Gasteiger charge is -2.04. The molecule has 2 rings (SSSR count). The van der Waals surface area contributed by atoms with Gasteiger partial charge in [0.2, 0.25) is 0 Å². The molecule has 0 spiro atoms. The van der Waals surface area contributed by atoms with Gasteiger partial charge in [0, 0.05) is 10.6 Å². The molecule has 0 saturated heterocycles. The lowest BCUT2D eigenvalue weighted by atomic mass is 10.0. The molecule has 0 aliphatic carbocycles. The SMILES string of the molecule is CCSc1ccc(Cc2cccc(N)c2)cc1. The average molecular weight is 243 g/mol. The number of nitrogens with two attached hydrogens (primary N) is 1. The molecule has 0 fully saturated rings. The number of hydrogen-bond donors (Lipinski definition) is 1. The van der Waals surface area contributed by atoms with E-state index >= 15 is 0 Å². The standard InChI is InChI=1S/C15H17NS/c1-2-17-15-8-6-12(7-9-15)10-13-4-3-5-14(16)11-13/h3-9,11H,2,10,16H2,1H3. The van der Waals surface area contributed by atoms with Crippen LogP contribution in [-0.2, 0) is 6.42 Å². The first-order chi connectivity index (χ1) is 8.28. The first-order valence-electron chi connectivity index (χ1n) is 5.84. The maximum Gasteiger partial charge on any atom is 0.0316 e. The van der Waals surface area contributed by atoms with E-state index in [-0.39, 0.29) is 0 Å². The summed E-state index contributed by atoms with van der Waals surface area (Å²) in [5.41, 5.74) is 9.20. The number of rotatable bonds is 4. The first kappa shape index (κ1) is 12.1. The molecule has 0 unspecified atom stereocenters. The predicted octanol–water partition coefficient (Wildman–Crippen LogP) is 3.97. The summed E-state index contributed by atoms with van der Waals surface area (Å²) in [6.07, 6.45) is 0.947. The third kappa shape index (κ3) is 3.53. The highest BCUT2D eigenvalue weighted by Crippen LogP contribution is 2.19. The summed E-state index contributed by atoms with van der Waals surface area (Å²) in [5, 5.41) is 0. The van der Waals surface area contributed by atoms with Crippen molar-refractivity contribution >= 4 is 17.4 Å². The van der Waals surface area contributed by atoms with Gasteiger partial charge in [0.05, 0.1) is 0 Å². The third-order valence-corrected chi connectivity index (χ3v) is 3.49. The van der Waals surface area contributed by atoms with E-state index < -0.39 is 0 Å². The number of anilines is 1. The minimum atomic E-state index is 0.834. The second-order valence-corrected chi connectivity index (χ2v) is 5.34. The monoisotopic (exact) mass is 243 g/mol. The molecular weight excluding hydrogens is 226 g/mol. The fourth-order valence-corrected chi connectivity index (χ4v) is 2.47. The molecule has 0 aliphatic heterocycles. The van der Waals surface area contributed by atoms with E-state index in [1.807, 2.05) is 30.0 Å². The van der Waals surface area contributed by atoms with Crippen LogP contribution in [0, 0.1) is 0 Å². The first-order valence-corrected chi connectivity index (χ1v) is 6.82. The zero-order chi connectivity index (χ0) is 12.1. The summed E-state index contributed by atoms with van der Waals surface area (Å²) in [7, 11) is 0. The predicted molar refractivity (Wildman–Crippen MR) is 76.5 cm³/mol. The quantitative estimate of drug-likeness (QED) is 0.649. The van der Waals surface area contributed by atoms with Crippen LogP contribution in [0.4, 0.5) is 5.69 Å². The molecule has 2 heteroatoms. The molecule has 0 saturated carbocycles. The molecule has 0 aromatic heterocycles. The van der Waals surface area contributed by atoms with Crippen LogP contribution < -0.4 is 5.73 Å². The van der Waals surface area contributed by atoms with E-state index in [9.17, 15) is 0 Å². The molecule has 2 aromatic rings. The summed E-state index contributed by atoms with van der Waals surface area (Å²) in [5.74, 6) is 1.12. The van der Waals surface area contributed by atoms with Crippen LogP contribution in [0.5, 0.6) is 0 Å². The fourth-order valence-electron chi connectivity index (χ4n) is 1.81. The van der Waals surface area contributed by atoms with Gasteiger partial charge in [-0.15, -0.1) is 11.8 Å². The Bertz CT molecular complexity index is 477. The maximum absolute atomic E-state index is 5.77. The largest absolute Gasteiger partial charge is 0.399 e. The summed E-state index contributed by atoms with van der Waals surface area (Å²) in [6, 6.07) is 16.9. The van der Waals surface area contributed by atoms with Gasteiger partial charge in [-0.3, -0.25) is 0 Å². The molecule has 2 N–H and O–H groups in total. The van der Waals surface area contributed by atoms with E-state index in [0.717, 1.165) is 17.9 Å². The van der Waals surface area contributed by atoms with Gasteiger partial charge in [-0.2, -0.15) is 0 Å². The second-order valence-electron chi connectivity index (χ2n) is 4.00. The third-order valence-electron chi connectivity index (χ3n) is 2.59. The van der Waals surface area contributed by atoms with Crippen LogP contribution in [0.3, 0.4) is 0 Å². The van der Waals surface area contributed by atoms with Gasteiger partial charge < -0.3 is 5.73 Å². The Labute approximate surface area is 107 Å².